The minimum Gasteiger partial charge on any atom is -0.376 e. The molecule has 0 bridgehead atoms. The van der Waals surface area contributed by atoms with Crippen molar-refractivity contribution in [3.8, 4) is 0 Å². The number of rotatable bonds is 1. The van der Waals surface area contributed by atoms with Crippen molar-refractivity contribution in [1.82, 2.24) is 15.2 Å². The van der Waals surface area contributed by atoms with Gasteiger partial charge in [0.2, 0.25) is 5.28 Å². The molecule has 7 heteroatoms. The molecule has 0 aliphatic carbocycles. The summed E-state index contributed by atoms with van der Waals surface area (Å²) >= 11 is 5.65. The normalized spacial score (nSPS) is 29.9. The maximum absolute atomic E-state index is 6.29. The number of nitrogens with zero attached hydrogens (tertiary/aromatic N) is 4. The summed E-state index contributed by atoms with van der Waals surface area (Å²) in [7, 11) is 0. The highest BCUT2D eigenvalue weighted by Crippen LogP contribution is 2.41. The molecule has 6 nitrogen and oxygen atoms in total. The van der Waals surface area contributed by atoms with Gasteiger partial charge in [0.25, 0.3) is 0 Å². The average Bonchev–Trinajstić information content (AvgIpc) is 2.70. The zero-order valence-electron chi connectivity index (χ0n) is 10.9. The van der Waals surface area contributed by atoms with Gasteiger partial charge < -0.3 is 15.4 Å². The first kappa shape index (κ1) is 13.0. The van der Waals surface area contributed by atoms with E-state index < -0.39 is 0 Å². The standard InChI is InChI=1S/C12H18ClN5O/c1-8-10(14)12(7-19-8)2-4-18(5-3-12)9-6-15-11(13)17-16-9/h6,8,10H,2-5,7,14H2,1H3/t8-,10+/m0/s1. The van der Waals surface area contributed by atoms with Crippen LogP contribution in [0.3, 0.4) is 0 Å². The minimum atomic E-state index is 0.128. The Morgan fingerprint density at radius 1 is 1.42 bits per heavy atom. The summed E-state index contributed by atoms with van der Waals surface area (Å²) in [6, 6.07) is 0.129. The van der Waals surface area contributed by atoms with E-state index in [0.29, 0.717) is 0 Å². The van der Waals surface area contributed by atoms with Crippen molar-refractivity contribution in [3.05, 3.63) is 11.5 Å². The van der Waals surface area contributed by atoms with Gasteiger partial charge in [-0.25, -0.2) is 4.98 Å². The largest absolute Gasteiger partial charge is 0.376 e. The monoisotopic (exact) mass is 283 g/mol. The summed E-state index contributed by atoms with van der Waals surface area (Å²) < 4.78 is 5.71. The summed E-state index contributed by atoms with van der Waals surface area (Å²) in [5.41, 5.74) is 6.42. The molecule has 0 unspecified atom stereocenters. The molecule has 2 atom stereocenters. The molecule has 3 heterocycles. The van der Waals surface area contributed by atoms with Crippen LogP contribution in [0.2, 0.25) is 5.28 Å². The van der Waals surface area contributed by atoms with Crippen molar-refractivity contribution in [2.24, 2.45) is 11.1 Å². The average molecular weight is 284 g/mol. The molecular formula is C12H18ClN5O. The second-order valence-corrected chi connectivity index (χ2v) is 5.81. The molecule has 104 valence electrons. The fraction of sp³-hybridized carbons (Fsp3) is 0.750. The lowest BCUT2D eigenvalue weighted by Crippen LogP contribution is -2.50. The number of aromatic nitrogens is 3. The summed E-state index contributed by atoms with van der Waals surface area (Å²) in [6.45, 7) is 4.64. The van der Waals surface area contributed by atoms with Crippen LogP contribution in [0.1, 0.15) is 19.8 Å². The Balaban J connectivity index is 1.68. The molecule has 1 spiro atoms. The van der Waals surface area contributed by atoms with E-state index >= 15 is 0 Å². The smallest absolute Gasteiger partial charge is 0.243 e. The number of hydrogen-bond donors (Lipinski definition) is 1. The Morgan fingerprint density at radius 3 is 2.68 bits per heavy atom. The van der Waals surface area contributed by atoms with E-state index in [1.54, 1.807) is 6.20 Å². The van der Waals surface area contributed by atoms with Crippen LogP contribution in [-0.4, -0.2) is 47.0 Å². The fourth-order valence-electron chi connectivity index (χ4n) is 3.05. The maximum atomic E-state index is 6.29. The predicted molar refractivity (Wildman–Crippen MR) is 72.1 cm³/mol. The molecule has 2 N–H and O–H groups in total. The SMILES string of the molecule is C[C@@H]1OCC2(CCN(c3cnc(Cl)nn3)CC2)[C@@H]1N. The van der Waals surface area contributed by atoms with Crippen molar-refractivity contribution in [1.29, 1.82) is 0 Å². The molecular weight excluding hydrogens is 266 g/mol. The molecule has 2 aliphatic heterocycles. The number of anilines is 1. The second kappa shape index (κ2) is 4.85. The molecule has 0 aromatic carbocycles. The van der Waals surface area contributed by atoms with Gasteiger partial charge in [-0.05, 0) is 31.4 Å². The van der Waals surface area contributed by atoms with Crippen LogP contribution in [0.15, 0.2) is 6.20 Å². The highest BCUT2D eigenvalue weighted by atomic mass is 35.5. The van der Waals surface area contributed by atoms with Crippen molar-refractivity contribution < 1.29 is 4.74 Å². The molecule has 0 radical (unpaired) electrons. The number of ether oxygens (including phenoxy) is 1. The molecule has 1 aromatic rings. The van der Waals surface area contributed by atoms with Gasteiger partial charge >= 0.3 is 0 Å². The van der Waals surface area contributed by atoms with Gasteiger partial charge in [-0.2, -0.15) is 0 Å². The van der Waals surface area contributed by atoms with Crippen LogP contribution in [0, 0.1) is 5.41 Å². The first-order valence-corrected chi connectivity index (χ1v) is 6.96. The number of piperidine rings is 1. The van der Waals surface area contributed by atoms with E-state index in [0.717, 1.165) is 38.4 Å². The van der Waals surface area contributed by atoms with Crippen LogP contribution >= 0.6 is 11.6 Å². The van der Waals surface area contributed by atoms with Crippen molar-refractivity contribution in [2.45, 2.75) is 31.9 Å². The molecule has 0 amide bonds. The van der Waals surface area contributed by atoms with Gasteiger partial charge in [-0.15, -0.1) is 10.2 Å². The van der Waals surface area contributed by atoms with Gasteiger partial charge in [-0.3, -0.25) is 0 Å². The number of nitrogens with two attached hydrogens (primary N) is 1. The van der Waals surface area contributed by atoms with Crippen LogP contribution in [0.5, 0.6) is 0 Å². The van der Waals surface area contributed by atoms with Crippen molar-refractivity contribution in [3.63, 3.8) is 0 Å². The summed E-state index contributed by atoms with van der Waals surface area (Å²) in [5.74, 6) is 0.778. The molecule has 0 saturated carbocycles. The maximum Gasteiger partial charge on any atom is 0.243 e. The van der Waals surface area contributed by atoms with Gasteiger partial charge in [-0.1, -0.05) is 0 Å². The van der Waals surface area contributed by atoms with Gasteiger partial charge in [0.15, 0.2) is 5.82 Å². The van der Waals surface area contributed by atoms with Gasteiger partial charge in [0.05, 0.1) is 18.9 Å². The van der Waals surface area contributed by atoms with Crippen LogP contribution in [-0.2, 0) is 4.74 Å². The van der Waals surface area contributed by atoms with E-state index in [-0.39, 0.29) is 22.8 Å². The lowest BCUT2D eigenvalue weighted by Gasteiger charge is -2.41. The van der Waals surface area contributed by atoms with E-state index in [1.165, 1.54) is 0 Å². The van der Waals surface area contributed by atoms with E-state index in [1.807, 2.05) is 0 Å². The highest BCUT2D eigenvalue weighted by Gasteiger charge is 2.47. The third-order valence-corrected chi connectivity index (χ3v) is 4.62. The fourth-order valence-corrected chi connectivity index (χ4v) is 3.14. The Labute approximate surface area is 117 Å². The summed E-state index contributed by atoms with van der Waals surface area (Å²) in [4.78, 5) is 6.15. The first-order chi connectivity index (χ1) is 9.11. The van der Waals surface area contributed by atoms with Crippen LogP contribution in [0.25, 0.3) is 0 Å². The predicted octanol–water partition coefficient (Wildman–Crippen LogP) is 0.858. The van der Waals surface area contributed by atoms with E-state index in [9.17, 15) is 0 Å². The molecule has 19 heavy (non-hydrogen) atoms. The lowest BCUT2D eigenvalue weighted by atomic mass is 9.73. The van der Waals surface area contributed by atoms with Gasteiger partial charge in [0, 0.05) is 24.5 Å². The minimum absolute atomic E-state index is 0.128. The van der Waals surface area contributed by atoms with E-state index in [2.05, 4.69) is 27.0 Å². The topological polar surface area (TPSA) is 77.2 Å². The van der Waals surface area contributed by atoms with Crippen LogP contribution < -0.4 is 10.6 Å². The molecule has 2 aliphatic rings. The van der Waals surface area contributed by atoms with Crippen molar-refractivity contribution >= 4 is 17.4 Å². The van der Waals surface area contributed by atoms with Crippen LogP contribution in [0.4, 0.5) is 5.82 Å². The lowest BCUT2D eigenvalue weighted by molar-refractivity contribution is 0.0974. The third-order valence-electron chi connectivity index (χ3n) is 4.45. The Bertz CT molecular complexity index is 446. The highest BCUT2D eigenvalue weighted by molar-refractivity contribution is 6.28. The van der Waals surface area contributed by atoms with E-state index in [4.69, 9.17) is 22.1 Å². The Hall–Kier alpha value is -0.980. The summed E-state index contributed by atoms with van der Waals surface area (Å²) in [5, 5.41) is 8.03. The first-order valence-electron chi connectivity index (χ1n) is 6.58. The zero-order chi connectivity index (χ0) is 13.5. The van der Waals surface area contributed by atoms with Crippen molar-refractivity contribution in [2.75, 3.05) is 24.6 Å². The number of halogens is 1. The Kier molecular flexibility index (Phi) is 3.32. The quantitative estimate of drug-likeness (QED) is 0.824. The molecule has 2 fully saturated rings. The van der Waals surface area contributed by atoms with Gasteiger partial charge in [0.1, 0.15) is 0 Å². The second-order valence-electron chi connectivity index (χ2n) is 5.48. The molecule has 3 rings (SSSR count). The number of hydrogen-bond acceptors (Lipinski definition) is 6. The molecule has 1 aromatic heterocycles. The zero-order valence-corrected chi connectivity index (χ0v) is 11.7. The Morgan fingerprint density at radius 2 is 2.16 bits per heavy atom. The third kappa shape index (κ3) is 2.28. The summed E-state index contributed by atoms with van der Waals surface area (Å²) in [6.07, 6.45) is 3.86. The molecule has 2 saturated heterocycles.